The molecule has 0 unspecified atom stereocenters. The molecule has 31 heavy (non-hydrogen) atoms. The standard InChI is InChI=1S/C25H25N3O2S/c1-17-7-12-24-21(15-17)22-16-27(2)14-13-25(22)28(24)23-6-4-3-5-20(23)18-8-10-19(11-9-18)31(26,29)30/h3-12,15H,13-14,16H2,1-2H3,(H2,26,29,30). The minimum atomic E-state index is -3.72. The molecule has 6 heteroatoms. The van der Waals surface area contributed by atoms with Crippen LogP contribution in [0.4, 0.5) is 0 Å². The van der Waals surface area contributed by atoms with Crippen molar-refractivity contribution >= 4 is 20.9 Å². The number of primary sulfonamides is 1. The monoisotopic (exact) mass is 431 g/mol. The zero-order valence-electron chi connectivity index (χ0n) is 17.7. The number of rotatable bonds is 3. The van der Waals surface area contributed by atoms with Gasteiger partial charge >= 0.3 is 0 Å². The zero-order valence-corrected chi connectivity index (χ0v) is 18.5. The number of aromatic nitrogens is 1. The van der Waals surface area contributed by atoms with Gasteiger partial charge in [-0.1, -0.05) is 42.0 Å². The molecular formula is C25H25N3O2S. The average molecular weight is 432 g/mol. The van der Waals surface area contributed by atoms with Crippen LogP contribution in [0.25, 0.3) is 27.7 Å². The molecule has 0 saturated heterocycles. The molecule has 0 amide bonds. The van der Waals surface area contributed by atoms with Crippen LogP contribution < -0.4 is 5.14 Å². The van der Waals surface area contributed by atoms with Crippen LogP contribution in [0.15, 0.2) is 71.6 Å². The summed E-state index contributed by atoms with van der Waals surface area (Å²) < 4.78 is 25.7. The SMILES string of the molecule is Cc1ccc2c(c1)c1c(n2-c2ccccc2-c2ccc(S(N)(=O)=O)cc2)CCN(C)C1. The van der Waals surface area contributed by atoms with E-state index in [1.807, 2.05) is 18.2 Å². The van der Waals surface area contributed by atoms with E-state index in [0.29, 0.717) is 0 Å². The van der Waals surface area contributed by atoms with Crippen molar-refractivity contribution in [2.45, 2.75) is 24.8 Å². The summed E-state index contributed by atoms with van der Waals surface area (Å²) in [6.45, 7) is 4.09. The molecular weight excluding hydrogens is 406 g/mol. The summed E-state index contributed by atoms with van der Waals surface area (Å²) in [6, 6.07) is 21.8. The van der Waals surface area contributed by atoms with Gasteiger partial charge < -0.3 is 9.47 Å². The molecule has 1 aliphatic heterocycles. The van der Waals surface area contributed by atoms with E-state index in [1.165, 1.54) is 27.7 Å². The Labute approximate surface area is 182 Å². The minimum Gasteiger partial charge on any atom is -0.313 e. The molecule has 0 spiro atoms. The van der Waals surface area contributed by atoms with Gasteiger partial charge in [0.25, 0.3) is 0 Å². The molecule has 0 saturated carbocycles. The molecule has 2 heterocycles. The minimum absolute atomic E-state index is 0.121. The number of nitrogens with zero attached hydrogens (tertiary/aromatic N) is 2. The number of hydrogen-bond donors (Lipinski definition) is 1. The summed E-state index contributed by atoms with van der Waals surface area (Å²) in [6.07, 6.45) is 0.984. The van der Waals surface area contributed by atoms with Gasteiger partial charge in [0, 0.05) is 36.2 Å². The molecule has 0 fully saturated rings. The molecule has 5 nitrogen and oxygen atoms in total. The van der Waals surface area contributed by atoms with Crippen LogP contribution in [0, 0.1) is 6.92 Å². The first-order valence-corrected chi connectivity index (χ1v) is 11.9. The van der Waals surface area contributed by atoms with Crippen molar-refractivity contribution in [3.63, 3.8) is 0 Å². The first-order valence-electron chi connectivity index (χ1n) is 10.4. The normalized spacial score (nSPS) is 14.7. The second-order valence-corrected chi connectivity index (χ2v) is 9.92. The van der Waals surface area contributed by atoms with Crippen molar-refractivity contribution < 1.29 is 8.42 Å². The molecule has 0 radical (unpaired) electrons. The fraction of sp³-hybridized carbons (Fsp3) is 0.200. The molecule has 2 N–H and O–H groups in total. The topological polar surface area (TPSA) is 68.3 Å². The third-order valence-corrected chi connectivity index (χ3v) is 7.06. The molecule has 158 valence electrons. The molecule has 4 aromatic rings. The summed E-state index contributed by atoms with van der Waals surface area (Å²) >= 11 is 0. The summed E-state index contributed by atoms with van der Waals surface area (Å²) in [5.41, 5.74) is 8.33. The van der Waals surface area contributed by atoms with Crippen LogP contribution in [-0.4, -0.2) is 31.5 Å². The van der Waals surface area contributed by atoms with Crippen LogP contribution >= 0.6 is 0 Å². The van der Waals surface area contributed by atoms with E-state index in [2.05, 4.69) is 59.8 Å². The number of nitrogens with two attached hydrogens (primary N) is 1. The molecule has 0 bridgehead atoms. The van der Waals surface area contributed by atoms with Gasteiger partial charge in [0.05, 0.1) is 16.1 Å². The van der Waals surface area contributed by atoms with E-state index < -0.39 is 10.0 Å². The Morgan fingerprint density at radius 1 is 0.968 bits per heavy atom. The lowest BCUT2D eigenvalue weighted by atomic mass is 10.0. The number of hydrogen-bond acceptors (Lipinski definition) is 3. The van der Waals surface area contributed by atoms with Gasteiger partial charge in [-0.05, 0) is 55.4 Å². The Hall–Kier alpha value is -2.93. The Morgan fingerprint density at radius 2 is 1.71 bits per heavy atom. The predicted molar refractivity (Wildman–Crippen MR) is 125 cm³/mol. The van der Waals surface area contributed by atoms with E-state index >= 15 is 0 Å². The maximum Gasteiger partial charge on any atom is 0.238 e. The third kappa shape index (κ3) is 3.47. The molecule has 0 aliphatic carbocycles. The Kier molecular flexibility index (Phi) is 4.73. The smallest absolute Gasteiger partial charge is 0.238 e. The highest BCUT2D eigenvalue weighted by atomic mass is 32.2. The quantitative estimate of drug-likeness (QED) is 0.528. The van der Waals surface area contributed by atoms with Gasteiger partial charge in [-0.25, -0.2) is 13.6 Å². The van der Waals surface area contributed by atoms with Gasteiger partial charge in [0.1, 0.15) is 0 Å². The maximum absolute atomic E-state index is 11.7. The van der Waals surface area contributed by atoms with Crippen LogP contribution in [0.2, 0.25) is 0 Å². The highest BCUT2D eigenvalue weighted by molar-refractivity contribution is 7.89. The number of aryl methyl sites for hydroxylation is 1. The van der Waals surface area contributed by atoms with Crippen molar-refractivity contribution in [3.8, 4) is 16.8 Å². The average Bonchev–Trinajstić information content (AvgIpc) is 3.06. The summed E-state index contributed by atoms with van der Waals surface area (Å²) in [7, 11) is -1.55. The molecule has 1 aliphatic rings. The number of para-hydroxylation sites is 1. The fourth-order valence-electron chi connectivity index (χ4n) is 4.62. The molecule has 5 rings (SSSR count). The van der Waals surface area contributed by atoms with Crippen molar-refractivity contribution in [3.05, 3.63) is 83.6 Å². The third-order valence-electron chi connectivity index (χ3n) is 6.13. The lowest BCUT2D eigenvalue weighted by Crippen LogP contribution is -2.27. The van der Waals surface area contributed by atoms with Crippen molar-refractivity contribution in [2.75, 3.05) is 13.6 Å². The number of sulfonamides is 1. The summed E-state index contributed by atoms with van der Waals surface area (Å²) in [5, 5.41) is 6.59. The predicted octanol–water partition coefficient (Wildman–Crippen LogP) is 4.24. The largest absolute Gasteiger partial charge is 0.313 e. The Morgan fingerprint density at radius 3 is 2.45 bits per heavy atom. The van der Waals surface area contributed by atoms with Gasteiger partial charge in [-0.3, -0.25) is 0 Å². The second kappa shape index (κ2) is 7.34. The second-order valence-electron chi connectivity index (χ2n) is 8.36. The van der Waals surface area contributed by atoms with Gasteiger partial charge in [-0.2, -0.15) is 0 Å². The first-order chi connectivity index (χ1) is 14.8. The molecule has 1 aromatic heterocycles. The summed E-state index contributed by atoms with van der Waals surface area (Å²) in [4.78, 5) is 2.49. The maximum atomic E-state index is 11.7. The van der Waals surface area contributed by atoms with Crippen LogP contribution in [0.5, 0.6) is 0 Å². The Balaban J connectivity index is 1.75. The van der Waals surface area contributed by atoms with Gasteiger partial charge in [-0.15, -0.1) is 0 Å². The van der Waals surface area contributed by atoms with Crippen LogP contribution in [0.3, 0.4) is 0 Å². The molecule has 0 atom stereocenters. The van der Waals surface area contributed by atoms with Crippen molar-refractivity contribution in [1.82, 2.24) is 9.47 Å². The fourth-order valence-corrected chi connectivity index (χ4v) is 5.13. The van der Waals surface area contributed by atoms with E-state index in [1.54, 1.807) is 12.1 Å². The van der Waals surface area contributed by atoms with Gasteiger partial charge in [0.2, 0.25) is 10.0 Å². The summed E-state index contributed by atoms with van der Waals surface area (Å²) in [5.74, 6) is 0. The lowest BCUT2D eigenvalue weighted by Gasteiger charge is -2.25. The van der Waals surface area contributed by atoms with Crippen LogP contribution in [0.1, 0.15) is 16.8 Å². The van der Waals surface area contributed by atoms with Gasteiger partial charge in [0.15, 0.2) is 0 Å². The van der Waals surface area contributed by atoms with E-state index in [-0.39, 0.29) is 4.90 Å². The molecule has 3 aromatic carbocycles. The van der Waals surface area contributed by atoms with Crippen LogP contribution in [-0.2, 0) is 23.0 Å². The zero-order chi connectivity index (χ0) is 21.8. The van der Waals surface area contributed by atoms with E-state index in [9.17, 15) is 8.42 Å². The van der Waals surface area contributed by atoms with E-state index in [4.69, 9.17) is 5.14 Å². The highest BCUT2D eigenvalue weighted by Gasteiger charge is 2.24. The van der Waals surface area contributed by atoms with E-state index in [0.717, 1.165) is 36.3 Å². The van der Waals surface area contributed by atoms with Crippen molar-refractivity contribution in [2.24, 2.45) is 5.14 Å². The number of fused-ring (bicyclic) bond motifs is 3. The van der Waals surface area contributed by atoms with Crippen molar-refractivity contribution in [1.29, 1.82) is 0 Å². The number of benzene rings is 3. The number of likely N-dealkylation sites (N-methyl/N-ethyl adjacent to an activating group) is 1. The first kappa shape index (κ1) is 20.0. The highest BCUT2D eigenvalue weighted by Crippen LogP contribution is 2.37. The Bertz CT molecular complexity index is 1400. The lowest BCUT2D eigenvalue weighted by molar-refractivity contribution is 0.311.